The van der Waals surface area contributed by atoms with Crippen LogP contribution in [-0.2, 0) is 21.2 Å². The molecule has 138 valence electrons. The van der Waals surface area contributed by atoms with Gasteiger partial charge in [0.1, 0.15) is 10.7 Å². The molecule has 2 aromatic rings. The van der Waals surface area contributed by atoms with Crippen molar-refractivity contribution in [2.45, 2.75) is 32.1 Å². The van der Waals surface area contributed by atoms with Gasteiger partial charge in [-0.3, -0.25) is 9.52 Å². The van der Waals surface area contributed by atoms with Gasteiger partial charge in [0.25, 0.3) is 10.0 Å². The van der Waals surface area contributed by atoms with Crippen LogP contribution in [0.15, 0.2) is 47.4 Å². The van der Waals surface area contributed by atoms with E-state index in [1.54, 1.807) is 23.1 Å². The third-order valence-electron chi connectivity index (χ3n) is 4.25. The summed E-state index contributed by atoms with van der Waals surface area (Å²) in [5.74, 6) is -0.837. The Morgan fingerprint density at radius 2 is 1.85 bits per heavy atom. The first-order valence-corrected chi connectivity index (χ1v) is 9.80. The van der Waals surface area contributed by atoms with Crippen LogP contribution in [0.2, 0.25) is 0 Å². The van der Waals surface area contributed by atoms with Gasteiger partial charge < -0.3 is 4.90 Å². The van der Waals surface area contributed by atoms with Gasteiger partial charge in [-0.1, -0.05) is 39.0 Å². The molecule has 0 fully saturated rings. The van der Waals surface area contributed by atoms with Crippen molar-refractivity contribution in [1.82, 2.24) is 0 Å². The predicted octanol–water partition coefficient (Wildman–Crippen LogP) is 3.56. The first kappa shape index (κ1) is 18.4. The third-order valence-corrected chi connectivity index (χ3v) is 5.66. The number of fused-ring (bicyclic) bond motifs is 1. The number of anilines is 2. The van der Waals surface area contributed by atoms with E-state index in [0.717, 1.165) is 18.1 Å². The maximum absolute atomic E-state index is 13.8. The normalized spacial score (nSPS) is 14.2. The molecule has 0 spiro atoms. The van der Waals surface area contributed by atoms with Crippen molar-refractivity contribution in [2.24, 2.45) is 5.41 Å². The van der Waals surface area contributed by atoms with Crippen LogP contribution in [0.3, 0.4) is 0 Å². The molecule has 3 rings (SSSR count). The molecule has 0 aliphatic carbocycles. The zero-order chi connectivity index (χ0) is 19.1. The average molecular weight is 376 g/mol. The lowest BCUT2D eigenvalue weighted by atomic mass is 9.94. The smallest absolute Gasteiger partial charge is 0.264 e. The summed E-state index contributed by atoms with van der Waals surface area (Å²) in [6, 6.07) is 10.3. The summed E-state index contributed by atoms with van der Waals surface area (Å²) in [6.45, 7) is 6.10. The Morgan fingerprint density at radius 3 is 2.50 bits per heavy atom. The fourth-order valence-corrected chi connectivity index (χ4v) is 4.06. The maximum atomic E-state index is 13.8. The number of carbonyl (C=O) groups is 1. The highest BCUT2D eigenvalue weighted by atomic mass is 32.2. The van der Waals surface area contributed by atoms with Gasteiger partial charge in [0, 0.05) is 17.6 Å². The Kier molecular flexibility index (Phi) is 4.52. The average Bonchev–Trinajstić information content (AvgIpc) is 2.96. The van der Waals surface area contributed by atoms with E-state index in [1.807, 2.05) is 20.8 Å². The number of hydrogen-bond acceptors (Lipinski definition) is 3. The monoisotopic (exact) mass is 376 g/mol. The second-order valence-electron chi connectivity index (χ2n) is 7.34. The summed E-state index contributed by atoms with van der Waals surface area (Å²) >= 11 is 0. The minimum absolute atomic E-state index is 0.0228. The van der Waals surface area contributed by atoms with Crippen molar-refractivity contribution in [2.75, 3.05) is 16.2 Å². The first-order valence-electron chi connectivity index (χ1n) is 8.32. The first-order chi connectivity index (χ1) is 12.1. The largest absolute Gasteiger partial charge is 0.311 e. The lowest BCUT2D eigenvalue weighted by Crippen LogP contribution is -2.38. The lowest BCUT2D eigenvalue weighted by Gasteiger charge is -2.26. The molecule has 0 radical (unpaired) electrons. The van der Waals surface area contributed by atoms with Gasteiger partial charge in [0.15, 0.2) is 0 Å². The van der Waals surface area contributed by atoms with E-state index in [2.05, 4.69) is 4.72 Å². The molecule has 1 aliphatic rings. The van der Waals surface area contributed by atoms with Gasteiger partial charge >= 0.3 is 0 Å². The topological polar surface area (TPSA) is 66.5 Å². The Balaban J connectivity index is 1.93. The van der Waals surface area contributed by atoms with Gasteiger partial charge in [-0.05, 0) is 36.2 Å². The zero-order valence-electron chi connectivity index (χ0n) is 14.9. The van der Waals surface area contributed by atoms with E-state index in [9.17, 15) is 17.6 Å². The molecule has 1 amide bonds. The molecular formula is C19H21FN2O3S. The molecule has 1 aliphatic heterocycles. The third kappa shape index (κ3) is 3.44. The van der Waals surface area contributed by atoms with E-state index in [1.165, 1.54) is 18.2 Å². The van der Waals surface area contributed by atoms with Gasteiger partial charge in [-0.15, -0.1) is 0 Å². The van der Waals surface area contributed by atoms with Crippen LogP contribution in [0.25, 0.3) is 0 Å². The van der Waals surface area contributed by atoms with Crippen LogP contribution in [0, 0.1) is 11.2 Å². The van der Waals surface area contributed by atoms with Crippen LogP contribution >= 0.6 is 0 Å². The summed E-state index contributed by atoms with van der Waals surface area (Å²) < 4.78 is 41.2. The molecule has 0 saturated heterocycles. The second-order valence-corrected chi connectivity index (χ2v) is 8.99. The number of sulfonamides is 1. The van der Waals surface area contributed by atoms with Crippen molar-refractivity contribution in [3.8, 4) is 0 Å². The van der Waals surface area contributed by atoms with E-state index in [-0.39, 0.29) is 5.91 Å². The number of hydrogen-bond donors (Lipinski definition) is 1. The Bertz CT molecular complexity index is 965. The summed E-state index contributed by atoms with van der Waals surface area (Å²) in [6.07, 6.45) is 0.720. The van der Waals surface area contributed by atoms with Crippen molar-refractivity contribution in [3.63, 3.8) is 0 Å². The summed E-state index contributed by atoms with van der Waals surface area (Å²) in [5.41, 5.74) is 1.43. The molecule has 0 aromatic heterocycles. The number of carbonyl (C=O) groups excluding carboxylic acids is 1. The fourth-order valence-electron chi connectivity index (χ4n) is 2.93. The molecule has 2 aromatic carbocycles. The van der Waals surface area contributed by atoms with Gasteiger partial charge in [-0.2, -0.15) is 0 Å². The highest BCUT2D eigenvalue weighted by molar-refractivity contribution is 7.92. The van der Waals surface area contributed by atoms with Gasteiger partial charge in [0.05, 0.1) is 5.69 Å². The predicted molar refractivity (Wildman–Crippen MR) is 99.2 cm³/mol. The van der Waals surface area contributed by atoms with Gasteiger partial charge in [-0.25, -0.2) is 12.8 Å². The number of halogens is 1. The number of rotatable bonds is 3. The molecule has 1 heterocycles. The minimum Gasteiger partial charge on any atom is -0.311 e. The highest BCUT2D eigenvalue weighted by Crippen LogP contribution is 2.34. The fraction of sp³-hybridized carbons (Fsp3) is 0.316. The second kappa shape index (κ2) is 6.39. The van der Waals surface area contributed by atoms with E-state index < -0.39 is 26.2 Å². The maximum Gasteiger partial charge on any atom is 0.264 e. The summed E-state index contributed by atoms with van der Waals surface area (Å²) in [5, 5.41) is 0. The number of benzene rings is 2. The molecule has 0 atom stereocenters. The number of amides is 1. The molecule has 1 N–H and O–H groups in total. The van der Waals surface area contributed by atoms with E-state index in [4.69, 9.17) is 0 Å². The van der Waals surface area contributed by atoms with Crippen LogP contribution in [0.5, 0.6) is 0 Å². The van der Waals surface area contributed by atoms with E-state index in [0.29, 0.717) is 17.9 Å². The minimum atomic E-state index is -4.06. The Morgan fingerprint density at radius 1 is 1.15 bits per heavy atom. The zero-order valence-corrected chi connectivity index (χ0v) is 15.7. The van der Waals surface area contributed by atoms with E-state index >= 15 is 0 Å². The summed E-state index contributed by atoms with van der Waals surface area (Å²) in [7, 11) is -4.06. The SMILES string of the molecule is CC(C)(C)C(=O)N1CCc2ccc(NS(=O)(=O)c3ccccc3F)cc21. The molecule has 0 unspecified atom stereocenters. The molecule has 7 heteroatoms. The highest BCUT2D eigenvalue weighted by Gasteiger charge is 2.32. The molecule has 5 nitrogen and oxygen atoms in total. The van der Waals surface area contributed by atoms with Gasteiger partial charge in [0.2, 0.25) is 5.91 Å². The number of nitrogens with zero attached hydrogens (tertiary/aromatic N) is 1. The van der Waals surface area contributed by atoms with Crippen molar-refractivity contribution >= 4 is 27.3 Å². The molecule has 0 saturated carbocycles. The van der Waals surface area contributed by atoms with Crippen LogP contribution in [0.4, 0.5) is 15.8 Å². The van der Waals surface area contributed by atoms with Crippen LogP contribution < -0.4 is 9.62 Å². The van der Waals surface area contributed by atoms with Crippen LogP contribution in [-0.4, -0.2) is 20.9 Å². The van der Waals surface area contributed by atoms with Crippen molar-refractivity contribution < 1.29 is 17.6 Å². The number of nitrogens with one attached hydrogen (secondary N) is 1. The molecular weight excluding hydrogens is 355 g/mol. The summed E-state index contributed by atoms with van der Waals surface area (Å²) in [4.78, 5) is 13.9. The Hall–Kier alpha value is -2.41. The lowest BCUT2D eigenvalue weighted by molar-refractivity contribution is -0.125. The molecule has 26 heavy (non-hydrogen) atoms. The van der Waals surface area contributed by atoms with Crippen molar-refractivity contribution in [1.29, 1.82) is 0 Å². The molecule has 0 bridgehead atoms. The van der Waals surface area contributed by atoms with Crippen LogP contribution in [0.1, 0.15) is 26.3 Å². The quantitative estimate of drug-likeness (QED) is 0.891. The Labute approximate surface area is 152 Å². The van der Waals surface area contributed by atoms with Crippen molar-refractivity contribution in [3.05, 3.63) is 53.8 Å². The standard InChI is InChI=1S/C19H21FN2O3S/c1-19(2,3)18(23)22-11-10-13-8-9-14(12-16(13)22)21-26(24,25)17-7-5-4-6-15(17)20/h4-9,12,21H,10-11H2,1-3H3.